The lowest BCUT2D eigenvalue weighted by Gasteiger charge is -2.60. The number of fused-ring (bicyclic) bond motifs is 1. The smallest absolute Gasteiger partial charge is 0.191 e. The summed E-state index contributed by atoms with van der Waals surface area (Å²) in [5.41, 5.74) is -0.623. The Morgan fingerprint density at radius 1 is 1.41 bits per heavy atom. The number of nitrogens with zero attached hydrogens (tertiary/aromatic N) is 1. The first-order valence-corrected chi connectivity index (χ1v) is 8.70. The van der Waals surface area contributed by atoms with Crippen LogP contribution in [-0.4, -0.2) is 48.5 Å². The zero-order valence-electron chi connectivity index (χ0n) is 14.8. The van der Waals surface area contributed by atoms with Crippen LogP contribution in [0.2, 0.25) is 0 Å². The Morgan fingerprint density at radius 2 is 2.14 bits per heavy atom. The van der Waals surface area contributed by atoms with E-state index >= 15 is 0 Å². The van der Waals surface area contributed by atoms with Gasteiger partial charge in [-0.15, -0.1) is 0 Å². The summed E-state index contributed by atoms with van der Waals surface area (Å²) in [7, 11) is 0. The molecule has 2 aliphatic rings. The van der Waals surface area contributed by atoms with Gasteiger partial charge in [0.15, 0.2) is 5.96 Å². The van der Waals surface area contributed by atoms with E-state index in [-0.39, 0.29) is 5.41 Å². The first-order chi connectivity index (χ1) is 10.3. The number of aliphatic hydroxyl groups is 1. The average Bonchev–Trinajstić information content (AvgIpc) is 2.50. The van der Waals surface area contributed by atoms with Gasteiger partial charge in [-0.1, -0.05) is 20.8 Å². The molecule has 1 aliphatic carbocycles. The molecule has 2 rings (SSSR count). The molecule has 2 fully saturated rings. The van der Waals surface area contributed by atoms with Crippen molar-refractivity contribution in [3.05, 3.63) is 0 Å². The van der Waals surface area contributed by atoms with Gasteiger partial charge in [0.1, 0.15) is 0 Å². The Morgan fingerprint density at radius 3 is 2.77 bits per heavy atom. The second kappa shape index (κ2) is 6.75. The van der Waals surface area contributed by atoms with Crippen LogP contribution in [0.5, 0.6) is 0 Å². The number of hydrogen-bond donors (Lipinski definition) is 3. The van der Waals surface area contributed by atoms with Crippen LogP contribution in [0, 0.1) is 11.3 Å². The lowest BCUT2D eigenvalue weighted by atomic mass is 9.55. The maximum absolute atomic E-state index is 10.2. The van der Waals surface area contributed by atoms with Crippen molar-refractivity contribution < 1.29 is 9.84 Å². The van der Waals surface area contributed by atoms with E-state index in [4.69, 9.17) is 4.74 Å². The molecule has 0 amide bonds. The molecule has 1 heterocycles. The van der Waals surface area contributed by atoms with Crippen molar-refractivity contribution in [3.8, 4) is 0 Å². The third kappa shape index (κ3) is 3.57. The van der Waals surface area contributed by atoms with Crippen molar-refractivity contribution in [2.45, 2.75) is 71.6 Å². The van der Waals surface area contributed by atoms with Crippen LogP contribution >= 0.6 is 0 Å². The minimum Gasteiger partial charge on any atom is -0.388 e. The van der Waals surface area contributed by atoms with Crippen LogP contribution in [0.25, 0.3) is 0 Å². The third-order valence-electron chi connectivity index (χ3n) is 5.31. The molecular weight excluding hydrogens is 278 g/mol. The Labute approximate surface area is 134 Å². The first kappa shape index (κ1) is 17.5. The molecule has 0 bridgehead atoms. The summed E-state index contributed by atoms with van der Waals surface area (Å²) in [4.78, 5) is 4.58. The van der Waals surface area contributed by atoms with E-state index in [1.807, 2.05) is 13.8 Å². The summed E-state index contributed by atoms with van der Waals surface area (Å²) in [6, 6.07) is 0.377. The van der Waals surface area contributed by atoms with Crippen LogP contribution in [0.4, 0.5) is 0 Å². The van der Waals surface area contributed by atoms with Crippen molar-refractivity contribution in [1.29, 1.82) is 0 Å². The lowest BCUT2D eigenvalue weighted by Crippen LogP contribution is -2.71. The van der Waals surface area contributed by atoms with Gasteiger partial charge < -0.3 is 20.5 Å². The molecule has 128 valence electrons. The van der Waals surface area contributed by atoms with Gasteiger partial charge in [0.05, 0.1) is 18.2 Å². The van der Waals surface area contributed by atoms with E-state index in [2.05, 4.69) is 36.4 Å². The van der Waals surface area contributed by atoms with Crippen LogP contribution in [0.1, 0.15) is 53.9 Å². The van der Waals surface area contributed by atoms with E-state index in [0.717, 1.165) is 25.5 Å². The van der Waals surface area contributed by atoms with Crippen molar-refractivity contribution in [1.82, 2.24) is 10.6 Å². The fourth-order valence-electron chi connectivity index (χ4n) is 3.64. The van der Waals surface area contributed by atoms with Gasteiger partial charge in [-0.25, -0.2) is 0 Å². The summed E-state index contributed by atoms with van der Waals surface area (Å²) in [6.07, 6.45) is 3.43. The van der Waals surface area contributed by atoms with E-state index in [0.29, 0.717) is 31.0 Å². The molecule has 0 aromatic heterocycles. The minimum absolute atomic E-state index is 0.120. The van der Waals surface area contributed by atoms with Gasteiger partial charge >= 0.3 is 0 Å². The molecule has 5 heteroatoms. The average molecular weight is 311 g/mol. The van der Waals surface area contributed by atoms with E-state index in [9.17, 15) is 5.11 Å². The number of ether oxygens (including phenoxy) is 1. The molecule has 4 atom stereocenters. The topological polar surface area (TPSA) is 65.9 Å². The molecule has 0 spiro atoms. The molecule has 5 nitrogen and oxygen atoms in total. The quantitative estimate of drug-likeness (QED) is 0.536. The standard InChI is InChI=1S/C17H33N3O2/c1-6-17(5,21)11-19-15(18-7-2)20-13-12-9-8-10-22-14(12)16(13,3)4/h12-14,21H,6-11H2,1-5H3,(H2,18,19,20). The fourth-order valence-corrected chi connectivity index (χ4v) is 3.64. The first-order valence-electron chi connectivity index (χ1n) is 8.70. The van der Waals surface area contributed by atoms with Gasteiger partial charge in [0, 0.05) is 30.5 Å². The molecule has 0 aromatic carbocycles. The summed E-state index contributed by atoms with van der Waals surface area (Å²) >= 11 is 0. The van der Waals surface area contributed by atoms with E-state index in [1.165, 1.54) is 6.42 Å². The lowest BCUT2D eigenvalue weighted by molar-refractivity contribution is -0.188. The summed E-state index contributed by atoms with van der Waals surface area (Å²) in [5.74, 6) is 1.37. The zero-order chi connectivity index (χ0) is 16.4. The van der Waals surface area contributed by atoms with Crippen molar-refractivity contribution >= 4 is 5.96 Å². The van der Waals surface area contributed by atoms with Gasteiger partial charge in [0.2, 0.25) is 0 Å². The monoisotopic (exact) mass is 311 g/mol. The molecule has 3 N–H and O–H groups in total. The highest BCUT2D eigenvalue weighted by Gasteiger charge is 2.58. The van der Waals surface area contributed by atoms with Crippen molar-refractivity contribution in [2.75, 3.05) is 19.7 Å². The summed E-state index contributed by atoms with van der Waals surface area (Å²) in [5, 5.41) is 17.0. The van der Waals surface area contributed by atoms with Gasteiger partial charge in [-0.3, -0.25) is 4.99 Å². The second-order valence-electron chi connectivity index (χ2n) is 7.59. The molecule has 1 saturated carbocycles. The highest BCUT2D eigenvalue weighted by molar-refractivity contribution is 5.80. The number of aliphatic imine (C=N–C) groups is 1. The maximum Gasteiger partial charge on any atom is 0.191 e. The molecular formula is C17H33N3O2. The largest absolute Gasteiger partial charge is 0.388 e. The Balaban J connectivity index is 2.02. The molecule has 22 heavy (non-hydrogen) atoms. The highest BCUT2D eigenvalue weighted by Crippen LogP contribution is 2.51. The Hall–Kier alpha value is -0.810. The van der Waals surface area contributed by atoms with E-state index in [1.54, 1.807) is 0 Å². The Kier molecular flexibility index (Phi) is 5.38. The number of rotatable bonds is 5. The van der Waals surface area contributed by atoms with Crippen molar-refractivity contribution in [3.63, 3.8) is 0 Å². The minimum atomic E-state index is -0.742. The third-order valence-corrected chi connectivity index (χ3v) is 5.31. The fraction of sp³-hybridized carbons (Fsp3) is 0.941. The summed E-state index contributed by atoms with van der Waals surface area (Å²) < 4.78 is 5.96. The van der Waals surface area contributed by atoms with Crippen LogP contribution in [0.3, 0.4) is 0 Å². The summed E-state index contributed by atoms with van der Waals surface area (Å²) in [6.45, 7) is 12.5. The van der Waals surface area contributed by atoms with Crippen molar-refractivity contribution in [2.24, 2.45) is 16.3 Å². The number of hydrogen-bond acceptors (Lipinski definition) is 3. The van der Waals surface area contributed by atoms with Gasteiger partial charge in [0.25, 0.3) is 0 Å². The predicted molar refractivity (Wildman–Crippen MR) is 90.1 cm³/mol. The van der Waals surface area contributed by atoms with Crippen LogP contribution < -0.4 is 10.6 Å². The van der Waals surface area contributed by atoms with E-state index < -0.39 is 5.60 Å². The van der Waals surface area contributed by atoms with Gasteiger partial charge in [-0.05, 0) is 33.1 Å². The predicted octanol–water partition coefficient (Wildman–Crippen LogP) is 1.91. The molecule has 0 radical (unpaired) electrons. The van der Waals surface area contributed by atoms with Crippen LogP contribution in [-0.2, 0) is 4.74 Å². The number of guanidine groups is 1. The molecule has 1 saturated heterocycles. The SMILES string of the molecule is CCNC(=NCC(C)(O)CC)NC1C2CCCOC2C1(C)C. The van der Waals surface area contributed by atoms with Gasteiger partial charge in [-0.2, -0.15) is 0 Å². The molecule has 1 aliphatic heterocycles. The molecule has 0 aromatic rings. The molecule has 4 unspecified atom stereocenters. The second-order valence-corrected chi connectivity index (χ2v) is 7.59. The normalized spacial score (nSPS) is 33.4. The highest BCUT2D eigenvalue weighted by atomic mass is 16.5. The van der Waals surface area contributed by atoms with Crippen LogP contribution in [0.15, 0.2) is 4.99 Å². The zero-order valence-corrected chi connectivity index (χ0v) is 14.8. The maximum atomic E-state index is 10.2. The number of nitrogens with one attached hydrogen (secondary N) is 2. The Bertz CT molecular complexity index is 407.